The largest absolute Gasteiger partial charge is 0.493 e. The van der Waals surface area contributed by atoms with Crippen LogP contribution in [0.5, 0.6) is 11.5 Å². The molecule has 0 saturated carbocycles. The Kier molecular flexibility index (Phi) is 4.46. The minimum absolute atomic E-state index is 0.154. The molecule has 2 atom stereocenters. The number of nitrogens with zero attached hydrogens (tertiary/aromatic N) is 1. The number of likely N-dealkylation sites (N-methyl/N-ethyl adjacent to an activating group) is 1. The Morgan fingerprint density at radius 3 is 2.55 bits per heavy atom. The van der Waals surface area contributed by atoms with E-state index in [1.807, 2.05) is 0 Å². The summed E-state index contributed by atoms with van der Waals surface area (Å²) >= 11 is 0. The Morgan fingerprint density at radius 2 is 2.00 bits per heavy atom. The number of aliphatic hydroxyl groups is 1. The molecule has 1 aromatic rings. The third-order valence-electron chi connectivity index (χ3n) is 3.60. The molecule has 1 aliphatic heterocycles. The topological polar surface area (TPSA) is 71.0 Å². The fourth-order valence-corrected chi connectivity index (χ4v) is 2.37. The van der Waals surface area contributed by atoms with Gasteiger partial charge in [-0.1, -0.05) is 0 Å². The SMILES string of the molecule is COc1ccc(C(=O)N(C)[C@H]2CNC[C@@H]2O)cc1OC. The van der Waals surface area contributed by atoms with Crippen molar-refractivity contribution in [1.82, 2.24) is 10.2 Å². The lowest BCUT2D eigenvalue weighted by Crippen LogP contribution is -2.44. The van der Waals surface area contributed by atoms with Crippen molar-refractivity contribution < 1.29 is 19.4 Å². The van der Waals surface area contributed by atoms with Gasteiger partial charge in [0.2, 0.25) is 0 Å². The Hall–Kier alpha value is -1.79. The van der Waals surface area contributed by atoms with Crippen LogP contribution in [0.4, 0.5) is 0 Å². The van der Waals surface area contributed by atoms with E-state index < -0.39 is 6.10 Å². The third kappa shape index (κ3) is 2.71. The van der Waals surface area contributed by atoms with Crippen molar-refractivity contribution in [1.29, 1.82) is 0 Å². The minimum atomic E-state index is -0.538. The number of benzene rings is 1. The molecule has 1 saturated heterocycles. The fourth-order valence-electron chi connectivity index (χ4n) is 2.37. The van der Waals surface area contributed by atoms with Crippen LogP contribution in [0.2, 0.25) is 0 Å². The number of nitrogens with one attached hydrogen (secondary N) is 1. The van der Waals surface area contributed by atoms with Gasteiger partial charge in [0.25, 0.3) is 5.91 Å². The summed E-state index contributed by atoms with van der Waals surface area (Å²) in [5.74, 6) is 0.935. The van der Waals surface area contributed by atoms with Crippen LogP contribution in [0.15, 0.2) is 18.2 Å². The maximum absolute atomic E-state index is 12.4. The molecule has 1 aromatic carbocycles. The molecule has 1 aliphatic rings. The lowest BCUT2D eigenvalue weighted by atomic mass is 10.1. The number of rotatable bonds is 4. The molecule has 1 fully saturated rings. The highest BCUT2D eigenvalue weighted by Crippen LogP contribution is 2.28. The zero-order valence-electron chi connectivity index (χ0n) is 11.9. The maximum atomic E-state index is 12.4. The van der Waals surface area contributed by atoms with E-state index in [9.17, 15) is 9.90 Å². The van der Waals surface area contributed by atoms with Crippen molar-refractivity contribution >= 4 is 5.91 Å². The van der Waals surface area contributed by atoms with Gasteiger partial charge in [0.1, 0.15) is 0 Å². The van der Waals surface area contributed by atoms with Gasteiger partial charge in [-0.15, -0.1) is 0 Å². The van der Waals surface area contributed by atoms with E-state index in [4.69, 9.17) is 9.47 Å². The smallest absolute Gasteiger partial charge is 0.254 e. The van der Waals surface area contributed by atoms with Crippen LogP contribution < -0.4 is 14.8 Å². The molecule has 110 valence electrons. The molecule has 6 heteroatoms. The molecule has 0 unspecified atom stereocenters. The van der Waals surface area contributed by atoms with Gasteiger partial charge in [0.15, 0.2) is 11.5 Å². The summed E-state index contributed by atoms with van der Waals surface area (Å²) in [4.78, 5) is 14.0. The van der Waals surface area contributed by atoms with Crippen molar-refractivity contribution in [3.8, 4) is 11.5 Å². The van der Waals surface area contributed by atoms with Crippen LogP contribution >= 0.6 is 0 Å². The van der Waals surface area contributed by atoms with E-state index in [0.717, 1.165) is 0 Å². The standard InChI is InChI=1S/C14H20N2O4/c1-16(10-7-15-8-11(10)17)14(18)9-4-5-12(19-2)13(6-9)20-3/h4-6,10-11,15,17H,7-8H2,1-3H3/t10-,11-/m0/s1. The van der Waals surface area contributed by atoms with Crippen molar-refractivity contribution in [2.24, 2.45) is 0 Å². The average Bonchev–Trinajstić information content (AvgIpc) is 2.91. The van der Waals surface area contributed by atoms with Gasteiger partial charge in [-0.25, -0.2) is 0 Å². The van der Waals surface area contributed by atoms with E-state index in [1.165, 1.54) is 7.11 Å². The molecule has 1 heterocycles. The highest BCUT2D eigenvalue weighted by Gasteiger charge is 2.31. The second-order valence-electron chi connectivity index (χ2n) is 4.78. The van der Waals surface area contributed by atoms with Crippen LogP contribution in [-0.4, -0.2) is 62.4 Å². The number of aliphatic hydroxyl groups excluding tert-OH is 1. The number of amides is 1. The summed E-state index contributed by atoms with van der Waals surface area (Å²) in [6.45, 7) is 1.10. The number of β-amino-alcohol motifs (C(OH)–C–C–N with tert-alkyl or cyclic N) is 1. The van der Waals surface area contributed by atoms with E-state index in [2.05, 4.69) is 5.32 Å². The zero-order valence-corrected chi connectivity index (χ0v) is 11.9. The molecule has 0 aromatic heterocycles. The summed E-state index contributed by atoms with van der Waals surface area (Å²) in [7, 11) is 4.77. The van der Waals surface area contributed by atoms with Crippen molar-refractivity contribution in [2.75, 3.05) is 34.4 Å². The minimum Gasteiger partial charge on any atom is -0.493 e. The third-order valence-corrected chi connectivity index (χ3v) is 3.60. The van der Waals surface area contributed by atoms with Crippen LogP contribution in [0, 0.1) is 0 Å². The molecule has 2 N–H and O–H groups in total. The highest BCUT2D eigenvalue weighted by atomic mass is 16.5. The second kappa shape index (κ2) is 6.11. The number of methoxy groups -OCH3 is 2. The Labute approximate surface area is 118 Å². The van der Waals surface area contributed by atoms with Crippen LogP contribution in [0.1, 0.15) is 10.4 Å². The van der Waals surface area contributed by atoms with Gasteiger partial charge in [-0.05, 0) is 18.2 Å². The number of hydrogen-bond acceptors (Lipinski definition) is 5. The molecular formula is C14H20N2O4. The Balaban J connectivity index is 2.20. The Bertz CT molecular complexity index is 492. The Morgan fingerprint density at radius 1 is 1.30 bits per heavy atom. The molecule has 6 nitrogen and oxygen atoms in total. The van der Waals surface area contributed by atoms with Crippen LogP contribution in [0.25, 0.3) is 0 Å². The summed E-state index contributed by atoms with van der Waals surface area (Å²) in [6, 6.07) is 4.82. The van der Waals surface area contributed by atoms with Gasteiger partial charge in [0.05, 0.1) is 26.4 Å². The average molecular weight is 280 g/mol. The van der Waals surface area contributed by atoms with Crippen LogP contribution in [0.3, 0.4) is 0 Å². The van der Waals surface area contributed by atoms with Gasteiger partial charge < -0.3 is 24.8 Å². The lowest BCUT2D eigenvalue weighted by Gasteiger charge is -2.26. The molecule has 0 radical (unpaired) electrons. The molecule has 0 spiro atoms. The van der Waals surface area contributed by atoms with Gasteiger partial charge in [-0.3, -0.25) is 4.79 Å². The number of hydrogen-bond donors (Lipinski definition) is 2. The van der Waals surface area contributed by atoms with Crippen LogP contribution in [-0.2, 0) is 0 Å². The summed E-state index contributed by atoms with van der Waals surface area (Å²) in [6.07, 6.45) is -0.538. The first kappa shape index (κ1) is 14.6. The predicted molar refractivity (Wildman–Crippen MR) is 74.3 cm³/mol. The number of carbonyl (C=O) groups excluding carboxylic acids is 1. The van der Waals surface area contributed by atoms with Gasteiger partial charge in [-0.2, -0.15) is 0 Å². The van der Waals surface area contributed by atoms with Crippen molar-refractivity contribution in [3.05, 3.63) is 23.8 Å². The predicted octanol–water partition coefficient (Wildman–Crippen LogP) is 0.108. The maximum Gasteiger partial charge on any atom is 0.254 e. The molecule has 0 bridgehead atoms. The zero-order chi connectivity index (χ0) is 14.7. The van der Waals surface area contributed by atoms with Gasteiger partial charge in [0, 0.05) is 25.7 Å². The normalized spacial score (nSPS) is 21.6. The van der Waals surface area contributed by atoms with E-state index >= 15 is 0 Å². The molecule has 2 rings (SSSR count). The molecule has 1 amide bonds. The molecule has 20 heavy (non-hydrogen) atoms. The van der Waals surface area contributed by atoms with Crippen molar-refractivity contribution in [3.63, 3.8) is 0 Å². The molecular weight excluding hydrogens is 260 g/mol. The van der Waals surface area contributed by atoms with E-state index in [-0.39, 0.29) is 11.9 Å². The first-order valence-corrected chi connectivity index (χ1v) is 6.46. The van der Waals surface area contributed by atoms with Gasteiger partial charge >= 0.3 is 0 Å². The van der Waals surface area contributed by atoms with E-state index in [0.29, 0.717) is 30.2 Å². The number of ether oxygens (including phenoxy) is 2. The fraction of sp³-hybridized carbons (Fsp3) is 0.500. The number of carbonyl (C=O) groups is 1. The summed E-state index contributed by atoms with van der Waals surface area (Å²) < 4.78 is 10.3. The second-order valence-corrected chi connectivity index (χ2v) is 4.78. The quantitative estimate of drug-likeness (QED) is 0.819. The van der Waals surface area contributed by atoms with Crippen molar-refractivity contribution in [2.45, 2.75) is 12.1 Å². The first-order valence-electron chi connectivity index (χ1n) is 6.46. The molecule has 0 aliphatic carbocycles. The monoisotopic (exact) mass is 280 g/mol. The lowest BCUT2D eigenvalue weighted by molar-refractivity contribution is 0.0581. The van der Waals surface area contributed by atoms with E-state index in [1.54, 1.807) is 37.3 Å². The first-order chi connectivity index (χ1) is 9.58. The summed E-state index contributed by atoms with van der Waals surface area (Å²) in [5.41, 5.74) is 0.504. The summed E-state index contributed by atoms with van der Waals surface area (Å²) in [5, 5.41) is 12.9. The highest BCUT2D eigenvalue weighted by molar-refractivity contribution is 5.95.